The summed E-state index contributed by atoms with van der Waals surface area (Å²) in [6.07, 6.45) is -0.618. The number of alkyl carbamates (subject to hydrolysis) is 1. The summed E-state index contributed by atoms with van der Waals surface area (Å²) in [5.74, 6) is -0.300. The van der Waals surface area contributed by atoms with Gasteiger partial charge in [-0.05, 0) is 59.7 Å². The molecule has 0 aliphatic rings. The van der Waals surface area contributed by atoms with E-state index < -0.39 is 17.7 Å². The molecule has 0 bridgehead atoms. The van der Waals surface area contributed by atoms with Gasteiger partial charge in [0.25, 0.3) is 0 Å². The predicted octanol–water partition coefficient (Wildman–Crippen LogP) is 4.92. The van der Waals surface area contributed by atoms with Crippen molar-refractivity contribution in [3.05, 3.63) is 34.8 Å². The molecule has 1 aromatic carbocycles. The van der Waals surface area contributed by atoms with Crippen molar-refractivity contribution in [2.75, 3.05) is 5.32 Å². The van der Waals surface area contributed by atoms with Gasteiger partial charge in [-0.3, -0.25) is 9.78 Å². The first kappa shape index (κ1) is 20.1. The average molecular weight is 400 g/mol. The van der Waals surface area contributed by atoms with Gasteiger partial charge in [0, 0.05) is 26.0 Å². The van der Waals surface area contributed by atoms with Crippen LogP contribution in [0, 0.1) is 13.8 Å². The molecule has 2 N–H and O–H groups in total. The van der Waals surface area contributed by atoms with E-state index in [4.69, 9.17) is 4.74 Å². The summed E-state index contributed by atoms with van der Waals surface area (Å²) in [6, 6.07) is 7.29. The molecule has 2 aromatic heterocycles. The first-order valence-electron chi connectivity index (χ1n) is 9.15. The smallest absolute Gasteiger partial charge is 0.408 e. The Labute approximate surface area is 168 Å². The van der Waals surface area contributed by atoms with Gasteiger partial charge in [-0.15, -0.1) is 11.3 Å². The summed E-state index contributed by atoms with van der Waals surface area (Å²) in [5, 5.41) is 7.53. The largest absolute Gasteiger partial charge is 0.444 e. The van der Waals surface area contributed by atoms with Crippen LogP contribution in [0.3, 0.4) is 0 Å². The molecule has 0 radical (unpaired) electrons. The lowest BCUT2D eigenvalue weighted by atomic mass is 10.1. The Morgan fingerprint density at radius 2 is 1.86 bits per heavy atom. The van der Waals surface area contributed by atoms with Crippen molar-refractivity contribution in [2.45, 2.75) is 53.2 Å². The number of aryl methyl sites for hydroxylation is 2. The highest BCUT2D eigenvalue weighted by molar-refractivity contribution is 7.20. The quantitative estimate of drug-likeness (QED) is 0.655. The highest BCUT2D eigenvalue weighted by Crippen LogP contribution is 2.39. The van der Waals surface area contributed by atoms with E-state index >= 15 is 0 Å². The van der Waals surface area contributed by atoms with Crippen LogP contribution in [0.1, 0.15) is 38.3 Å². The van der Waals surface area contributed by atoms with Crippen molar-refractivity contribution in [3.8, 4) is 0 Å². The summed E-state index contributed by atoms with van der Waals surface area (Å²) in [5.41, 5.74) is 1.98. The Morgan fingerprint density at radius 3 is 2.54 bits per heavy atom. The molecule has 28 heavy (non-hydrogen) atoms. The molecule has 0 saturated heterocycles. The van der Waals surface area contributed by atoms with Crippen molar-refractivity contribution < 1.29 is 14.3 Å². The van der Waals surface area contributed by atoms with Gasteiger partial charge in [0.05, 0.1) is 11.2 Å². The molecule has 0 aliphatic carbocycles. The standard InChI is InChI=1S/C21H25N3O3S/c1-11-7-8-14-15(22-11)9-10-16-17(14)18(13(3)28-16)24-19(25)12(2)23-20(26)27-21(4,5)6/h7-10,12H,1-6H3,(H,23,26)(H,24,25)/t12-/m0/s1. The second kappa shape index (κ2) is 7.39. The van der Waals surface area contributed by atoms with Gasteiger partial charge < -0.3 is 15.4 Å². The number of fused-ring (bicyclic) bond motifs is 3. The fraction of sp³-hybridized carbons (Fsp3) is 0.381. The van der Waals surface area contributed by atoms with E-state index in [2.05, 4.69) is 15.6 Å². The van der Waals surface area contributed by atoms with Crippen LogP contribution in [0.5, 0.6) is 0 Å². The molecule has 7 heteroatoms. The van der Waals surface area contributed by atoms with Gasteiger partial charge in [-0.25, -0.2) is 4.79 Å². The van der Waals surface area contributed by atoms with Crippen molar-refractivity contribution >= 4 is 50.0 Å². The third-order valence-corrected chi connectivity index (χ3v) is 5.28. The summed E-state index contributed by atoms with van der Waals surface area (Å²) >= 11 is 1.62. The zero-order valence-electron chi connectivity index (χ0n) is 17.0. The van der Waals surface area contributed by atoms with E-state index in [-0.39, 0.29) is 5.91 Å². The minimum Gasteiger partial charge on any atom is -0.444 e. The number of carbonyl (C=O) groups is 2. The summed E-state index contributed by atoms with van der Waals surface area (Å²) < 4.78 is 6.30. The normalized spacial score (nSPS) is 12.8. The number of thiophene rings is 1. The lowest BCUT2D eigenvalue weighted by molar-refractivity contribution is -0.117. The molecular formula is C21H25N3O3S. The van der Waals surface area contributed by atoms with E-state index in [9.17, 15) is 9.59 Å². The number of rotatable bonds is 3. The van der Waals surface area contributed by atoms with Crippen LogP contribution in [0.4, 0.5) is 10.5 Å². The van der Waals surface area contributed by atoms with Crippen molar-refractivity contribution in [1.82, 2.24) is 10.3 Å². The highest BCUT2D eigenvalue weighted by atomic mass is 32.1. The summed E-state index contributed by atoms with van der Waals surface area (Å²) in [6.45, 7) is 10.9. The van der Waals surface area contributed by atoms with Crippen LogP contribution < -0.4 is 10.6 Å². The van der Waals surface area contributed by atoms with Crippen molar-refractivity contribution in [3.63, 3.8) is 0 Å². The zero-order chi connectivity index (χ0) is 20.6. The molecule has 6 nitrogen and oxygen atoms in total. The Morgan fingerprint density at radius 1 is 1.14 bits per heavy atom. The molecule has 2 amide bonds. The molecule has 0 spiro atoms. The molecule has 0 saturated carbocycles. The zero-order valence-corrected chi connectivity index (χ0v) is 17.8. The molecule has 3 aromatic rings. The topological polar surface area (TPSA) is 80.3 Å². The second-order valence-electron chi connectivity index (χ2n) is 7.85. The Hall–Kier alpha value is -2.67. The molecule has 148 valence electrons. The lowest BCUT2D eigenvalue weighted by Crippen LogP contribution is -2.44. The maximum absolute atomic E-state index is 12.7. The molecule has 0 fully saturated rings. The van der Waals surface area contributed by atoms with Crippen molar-refractivity contribution in [1.29, 1.82) is 0 Å². The number of nitrogens with one attached hydrogen (secondary N) is 2. The Bertz CT molecular complexity index is 1070. The molecule has 1 atom stereocenters. The number of benzene rings is 1. The van der Waals surface area contributed by atoms with Crippen LogP contribution in [0.15, 0.2) is 24.3 Å². The third-order valence-electron chi connectivity index (χ3n) is 4.21. The number of hydrogen-bond acceptors (Lipinski definition) is 5. The van der Waals surface area contributed by atoms with Gasteiger partial charge in [0.2, 0.25) is 5.91 Å². The van der Waals surface area contributed by atoms with Gasteiger partial charge >= 0.3 is 6.09 Å². The molecule has 2 heterocycles. The SMILES string of the molecule is Cc1ccc2c(ccc3sc(C)c(NC(=O)[C@H](C)NC(=O)OC(C)(C)C)c32)n1. The molecule has 0 aliphatic heterocycles. The average Bonchev–Trinajstić information content (AvgIpc) is 2.88. The highest BCUT2D eigenvalue weighted by Gasteiger charge is 2.23. The molecule has 0 unspecified atom stereocenters. The van der Waals surface area contributed by atoms with Gasteiger partial charge in [0.15, 0.2) is 0 Å². The monoisotopic (exact) mass is 399 g/mol. The number of pyridine rings is 1. The number of nitrogens with zero attached hydrogens (tertiary/aromatic N) is 1. The van der Waals surface area contributed by atoms with E-state index in [0.717, 1.165) is 37.2 Å². The van der Waals surface area contributed by atoms with Crippen LogP contribution in [0.2, 0.25) is 0 Å². The van der Waals surface area contributed by atoms with E-state index in [0.29, 0.717) is 0 Å². The third kappa shape index (κ3) is 4.25. The lowest BCUT2D eigenvalue weighted by Gasteiger charge is -2.21. The Kier molecular flexibility index (Phi) is 5.30. The van der Waals surface area contributed by atoms with E-state index in [1.54, 1.807) is 39.0 Å². The fourth-order valence-corrected chi connectivity index (χ4v) is 3.99. The van der Waals surface area contributed by atoms with Crippen LogP contribution in [0.25, 0.3) is 21.0 Å². The van der Waals surface area contributed by atoms with Gasteiger partial charge in [-0.1, -0.05) is 6.07 Å². The van der Waals surface area contributed by atoms with E-state index in [1.807, 2.05) is 38.1 Å². The van der Waals surface area contributed by atoms with E-state index in [1.165, 1.54) is 0 Å². The van der Waals surface area contributed by atoms with Crippen LogP contribution in [-0.2, 0) is 9.53 Å². The second-order valence-corrected chi connectivity index (χ2v) is 9.10. The summed E-state index contributed by atoms with van der Waals surface area (Å²) in [4.78, 5) is 30.2. The maximum atomic E-state index is 12.7. The van der Waals surface area contributed by atoms with Crippen LogP contribution >= 0.6 is 11.3 Å². The number of amides is 2. The minimum atomic E-state index is -0.737. The molecular weight excluding hydrogens is 374 g/mol. The van der Waals surface area contributed by atoms with Gasteiger partial charge in [0.1, 0.15) is 11.6 Å². The number of hydrogen-bond donors (Lipinski definition) is 2. The summed E-state index contributed by atoms with van der Waals surface area (Å²) in [7, 11) is 0. The van der Waals surface area contributed by atoms with Crippen LogP contribution in [-0.4, -0.2) is 28.6 Å². The predicted molar refractivity (Wildman–Crippen MR) is 114 cm³/mol. The number of aromatic nitrogens is 1. The Balaban J connectivity index is 1.88. The number of ether oxygens (including phenoxy) is 1. The minimum absolute atomic E-state index is 0.300. The fourth-order valence-electron chi connectivity index (χ4n) is 2.95. The first-order chi connectivity index (χ1) is 13.0. The van der Waals surface area contributed by atoms with Gasteiger partial charge in [-0.2, -0.15) is 0 Å². The molecule has 3 rings (SSSR count). The number of anilines is 1. The maximum Gasteiger partial charge on any atom is 0.408 e. The first-order valence-corrected chi connectivity index (χ1v) is 9.96. The van der Waals surface area contributed by atoms with Crippen molar-refractivity contribution in [2.24, 2.45) is 0 Å². The number of carbonyl (C=O) groups excluding carboxylic acids is 2.